The summed E-state index contributed by atoms with van der Waals surface area (Å²) in [6.07, 6.45) is 2.50. The van der Waals surface area contributed by atoms with Gasteiger partial charge in [-0.3, -0.25) is 4.79 Å². The number of hydrogen-bond acceptors (Lipinski definition) is 5. The standard InChI is InChI=1S/C23H23N3O3/c1-15-12-16-6-4-5-7-20(16)26(15)23(27)17-10-11-24-22(13-17)25-19-9-8-18(28-2)14-21(19)29-3/h4-11,13-15H,12H2,1-3H3,(H,24,25). The molecule has 1 atom stereocenters. The number of pyridine rings is 1. The van der Waals surface area contributed by atoms with Crippen LogP contribution in [-0.4, -0.2) is 31.2 Å². The molecule has 0 aliphatic carbocycles. The number of anilines is 3. The molecule has 0 radical (unpaired) electrons. The quantitative estimate of drug-likeness (QED) is 0.699. The van der Waals surface area contributed by atoms with Gasteiger partial charge in [-0.05, 0) is 49.2 Å². The second-order valence-corrected chi connectivity index (χ2v) is 6.98. The van der Waals surface area contributed by atoms with Crippen LogP contribution in [0, 0.1) is 0 Å². The highest BCUT2D eigenvalue weighted by Gasteiger charge is 2.31. The molecule has 6 nitrogen and oxygen atoms in total. The van der Waals surface area contributed by atoms with E-state index in [1.807, 2.05) is 35.2 Å². The normalized spacial score (nSPS) is 15.0. The number of fused-ring (bicyclic) bond motifs is 1. The summed E-state index contributed by atoms with van der Waals surface area (Å²) < 4.78 is 10.7. The summed E-state index contributed by atoms with van der Waals surface area (Å²) in [6.45, 7) is 2.07. The molecule has 148 valence electrons. The van der Waals surface area contributed by atoms with Crippen molar-refractivity contribution >= 4 is 23.1 Å². The Bertz CT molecular complexity index is 1050. The Morgan fingerprint density at radius 3 is 2.72 bits per heavy atom. The third-order valence-corrected chi connectivity index (χ3v) is 5.10. The maximum Gasteiger partial charge on any atom is 0.258 e. The van der Waals surface area contributed by atoms with Gasteiger partial charge in [0.1, 0.15) is 17.3 Å². The number of nitrogens with zero attached hydrogens (tertiary/aromatic N) is 2. The predicted octanol–water partition coefficient (Wildman–Crippen LogP) is 4.43. The molecule has 1 amide bonds. The average molecular weight is 389 g/mol. The van der Waals surface area contributed by atoms with Gasteiger partial charge in [0.15, 0.2) is 0 Å². The number of carbonyl (C=O) groups excluding carboxylic acids is 1. The van der Waals surface area contributed by atoms with Gasteiger partial charge in [-0.25, -0.2) is 4.98 Å². The van der Waals surface area contributed by atoms with Gasteiger partial charge in [0.05, 0.1) is 19.9 Å². The van der Waals surface area contributed by atoms with Crippen LogP contribution in [-0.2, 0) is 6.42 Å². The van der Waals surface area contributed by atoms with E-state index < -0.39 is 0 Å². The summed E-state index contributed by atoms with van der Waals surface area (Å²) in [5, 5.41) is 3.23. The number of hydrogen-bond donors (Lipinski definition) is 1. The van der Waals surface area contributed by atoms with Crippen LogP contribution in [0.5, 0.6) is 11.5 Å². The number of nitrogens with one attached hydrogen (secondary N) is 1. The number of carbonyl (C=O) groups is 1. The van der Waals surface area contributed by atoms with Gasteiger partial charge in [0.25, 0.3) is 5.91 Å². The Hall–Kier alpha value is -3.54. The molecule has 6 heteroatoms. The summed E-state index contributed by atoms with van der Waals surface area (Å²) in [7, 11) is 3.20. The van der Waals surface area contributed by atoms with Gasteiger partial charge in [-0.1, -0.05) is 18.2 Å². The van der Waals surface area contributed by atoms with E-state index in [0.717, 1.165) is 17.8 Å². The van der Waals surface area contributed by atoms with Crippen molar-refractivity contribution in [2.45, 2.75) is 19.4 Å². The SMILES string of the molecule is COc1ccc(Nc2cc(C(=O)N3c4ccccc4CC3C)ccn2)c(OC)c1. The van der Waals surface area contributed by atoms with E-state index in [4.69, 9.17) is 9.47 Å². The largest absolute Gasteiger partial charge is 0.497 e. The monoisotopic (exact) mass is 389 g/mol. The zero-order valence-corrected chi connectivity index (χ0v) is 16.7. The van der Waals surface area contributed by atoms with Crippen molar-refractivity contribution in [2.24, 2.45) is 0 Å². The number of amides is 1. The van der Waals surface area contributed by atoms with Crippen LogP contribution in [0.3, 0.4) is 0 Å². The van der Waals surface area contributed by atoms with E-state index in [0.29, 0.717) is 22.9 Å². The lowest BCUT2D eigenvalue weighted by molar-refractivity contribution is 0.0981. The molecule has 0 saturated carbocycles. The molecule has 2 heterocycles. The molecule has 0 bridgehead atoms. The molecule has 0 saturated heterocycles. The Morgan fingerprint density at radius 1 is 1.10 bits per heavy atom. The van der Waals surface area contributed by atoms with E-state index in [-0.39, 0.29) is 11.9 Å². The number of benzene rings is 2. The van der Waals surface area contributed by atoms with Crippen LogP contribution in [0.2, 0.25) is 0 Å². The van der Waals surface area contributed by atoms with Crippen LogP contribution in [0.15, 0.2) is 60.8 Å². The van der Waals surface area contributed by atoms with Crippen LogP contribution in [0.4, 0.5) is 17.2 Å². The molecule has 1 aliphatic rings. The van der Waals surface area contributed by atoms with Gasteiger partial charge in [-0.15, -0.1) is 0 Å². The fraction of sp³-hybridized carbons (Fsp3) is 0.217. The molecule has 1 aromatic heterocycles. The summed E-state index contributed by atoms with van der Waals surface area (Å²) in [5.74, 6) is 1.87. The first kappa shape index (κ1) is 18.8. The first-order valence-electron chi connectivity index (χ1n) is 9.47. The van der Waals surface area contributed by atoms with Crippen molar-refractivity contribution in [3.05, 3.63) is 71.9 Å². The molecule has 0 fully saturated rings. The lowest BCUT2D eigenvalue weighted by Crippen LogP contribution is -2.35. The fourth-order valence-electron chi connectivity index (χ4n) is 3.69. The van der Waals surface area contributed by atoms with E-state index in [1.54, 1.807) is 38.6 Å². The van der Waals surface area contributed by atoms with E-state index >= 15 is 0 Å². The summed E-state index contributed by atoms with van der Waals surface area (Å²) in [4.78, 5) is 19.5. The Balaban J connectivity index is 1.61. The molecule has 4 rings (SSSR count). The molecule has 1 unspecified atom stereocenters. The Morgan fingerprint density at radius 2 is 1.93 bits per heavy atom. The van der Waals surface area contributed by atoms with E-state index in [2.05, 4.69) is 23.3 Å². The number of methoxy groups -OCH3 is 2. The van der Waals surface area contributed by atoms with Gasteiger partial charge >= 0.3 is 0 Å². The minimum atomic E-state index is -0.0328. The molecule has 3 aromatic rings. The lowest BCUT2D eigenvalue weighted by Gasteiger charge is -2.23. The zero-order chi connectivity index (χ0) is 20.4. The number of aromatic nitrogens is 1. The van der Waals surface area contributed by atoms with Crippen molar-refractivity contribution in [1.82, 2.24) is 4.98 Å². The minimum absolute atomic E-state index is 0.0328. The first-order chi connectivity index (χ1) is 14.1. The molecule has 1 N–H and O–H groups in total. The maximum atomic E-state index is 13.3. The Labute approximate surface area is 170 Å². The minimum Gasteiger partial charge on any atom is -0.497 e. The number of para-hydroxylation sites is 1. The van der Waals surface area contributed by atoms with Crippen molar-refractivity contribution in [1.29, 1.82) is 0 Å². The van der Waals surface area contributed by atoms with Crippen LogP contribution in [0.25, 0.3) is 0 Å². The average Bonchev–Trinajstić information content (AvgIpc) is 3.09. The van der Waals surface area contributed by atoms with Crippen molar-refractivity contribution < 1.29 is 14.3 Å². The fourth-order valence-corrected chi connectivity index (χ4v) is 3.69. The van der Waals surface area contributed by atoms with E-state index in [9.17, 15) is 4.79 Å². The molecule has 29 heavy (non-hydrogen) atoms. The molecule has 1 aliphatic heterocycles. The summed E-state index contributed by atoms with van der Waals surface area (Å²) in [5.41, 5.74) is 3.50. The van der Waals surface area contributed by atoms with Gasteiger partial charge in [-0.2, -0.15) is 0 Å². The molecular formula is C23H23N3O3. The first-order valence-corrected chi connectivity index (χ1v) is 9.47. The Kier molecular flexibility index (Phi) is 5.08. The van der Waals surface area contributed by atoms with E-state index in [1.165, 1.54) is 5.56 Å². The highest BCUT2D eigenvalue weighted by atomic mass is 16.5. The number of ether oxygens (including phenoxy) is 2. The van der Waals surface area contributed by atoms with Crippen molar-refractivity contribution in [2.75, 3.05) is 24.4 Å². The smallest absolute Gasteiger partial charge is 0.258 e. The topological polar surface area (TPSA) is 63.7 Å². The second kappa shape index (κ2) is 7.83. The highest BCUT2D eigenvalue weighted by molar-refractivity contribution is 6.08. The second-order valence-electron chi connectivity index (χ2n) is 6.98. The van der Waals surface area contributed by atoms with Gasteiger partial charge in [0.2, 0.25) is 0 Å². The summed E-state index contributed by atoms with van der Waals surface area (Å²) in [6, 6.07) is 17.2. The van der Waals surface area contributed by atoms with Crippen LogP contribution >= 0.6 is 0 Å². The van der Waals surface area contributed by atoms with Crippen molar-refractivity contribution in [3.8, 4) is 11.5 Å². The molecular weight excluding hydrogens is 366 g/mol. The van der Waals surface area contributed by atoms with Crippen LogP contribution < -0.4 is 19.7 Å². The lowest BCUT2D eigenvalue weighted by atomic mass is 10.1. The molecule has 2 aromatic carbocycles. The molecule has 0 spiro atoms. The van der Waals surface area contributed by atoms with Gasteiger partial charge in [0, 0.05) is 29.6 Å². The van der Waals surface area contributed by atoms with Crippen molar-refractivity contribution in [3.63, 3.8) is 0 Å². The number of rotatable bonds is 5. The van der Waals surface area contributed by atoms with Gasteiger partial charge < -0.3 is 19.7 Å². The third-order valence-electron chi connectivity index (χ3n) is 5.10. The third kappa shape index (κ3) is 3.61. The predicted molar refractivity (Wildman–Crippen MR) is 113 cm³/mol. The highest BCUT2D eigenvalue weighted by Crippen LogP contribution is 2.34. The maximum absolute atomic E-state index is 13.3. The van der Waals surface area contributed by atoms with Crippen LogP contribution in [0.1, 0.15) is 22.8 Å². The zero-order valence-electron chi connectivity index (χ0n) is 16.7. The summed E-state index contributed by atoms with van der Waals surface area (Å²) >= 11 is 0.